The Morgan fingerprint density at radius 1 is 1.23 bits per heavy atom. The van der Waals surface area contributed by atoms with Crippen molar-refractivity contribution in [1.82, 2.24) is 5.32 Å². The van der Waals surface area contributed by atoms with Crippen LogP contribution in [0, 0.1) is 11.5 Å². The highest BCUT2D eigenvalue weighted by Crippen LogP contribution is 2.17. The van der Waals surface area contributed by atoms with Gasteiger partial charge in [-0.05, 0) is 26.3 Å². The van der Waals surface area contributed by atoms with Gasteiger partial charge in [-0.2, -0.15) is 0 Å². The standard InChI is InChI=1S/C18H27NO2Si/c1-18(2,3)21-17(20)19-16(13-10-14-22(4,5)6)15-11-8-7-9-12-15/h7-9,11-12,16H,13H2,1-6H3,(H,19,20). The highest BCUT2D eigenvalue weighted by molar-refractivity contribution is 6.83. The van der Waals surface area contributed by atoms with Gasteiger partial charge in [-0.25, -0.2) is 4.79 Å². The lowest BCUT2D eigenvalue weighted by atomic mass is 10.0. The van der Waals surface area contributed by atoms with Crippen LogP contribution in [0.4, 0.5) is 4.79 Å². The van der Waals surface area contributed by atoms with Crippen LogP contribution in [0.5, 0.6) is 0 Å². The Bertz CT molecular complexity index is 544. The van der Waals surface area contributed by atoms with E-state index in [4.69, 9.17) is 4.74 Å². The number of hydrogen-bond acceptors (Lipinski definition) is 2. The molecule has 0 fully saturated rings. The molecule has 0 aliphatic rings. The van der Waals surface area contributed by atoms with Gasteiger partial charge in [0.25, 0.3) is 0 Å². The first-order valence-electron chi connectivity index (χ1n) is 7.61. The number of ether oxygens (including phenoxy) is 1. The lowest BCUT2D eigenvalue weighted by Crippen LogP contribution is -2.35. The Morgan fingerprint density at radius 3 is 2.32 bits per heavy atom. The van der Waals surface area contributed by atoms with E-state index >= 15 is 0 Å². The fraction of sp³-hybridized carbons (Fsp3) is 0.500. The number of rotatable bonds is 3. The third kappa shape index (κ3) is 7.89. The summed E-state index contributed by atoms with van der Waals surface area (Å²) in [7, 11) is -1.41. The maximum Gasteiger partial charge on any atom is 0.408 e. The first kappa shape index (κ1) is 18.3. The van der Waals surface area contributed by atoms with Gasteiger partial charge in [0.15, 0.2) is 0 Å². The van der Waals surface area contributed by atoms with Crippen LogP contribution in [0.2, 0.25) is 19.6 Å². The fourth-order valence-corrected chi connectivity index (χ4v) is 2.44. The Hall–Kier alpha value is -1.73. The van der Waals surface area contributed by atoms with Gasteiger partial charge in [-0.1, -0.05) is 50.0 Å². The Morgan fingerprint density at radius 2 is 1.82 bits per heavy atom. The van der Waals surface area contributed by atoms with Crippen molar-refractivity contribution in [3.63, 3.8) is 0 Å². The van der Waals surface area contributed by atoms with Gasteiger partial charge >= 0.3 is 6.09 Å². The molecule has 1 unspecified atom stereocenters. The van der Waals surface area contributed by atoms with Crippen LogP contribution >= 0.6 is 0 Å². The van der Waals surface area contributed by atoms with Gasteiger partial charge < -0.3 is 10.1 Å². The number of nitrogens with one attached hydrogen (secondary N) is 1. The molecule has 1 N–H and O–H groups in total. The van der Waals surface area contributed by atoms with Crippen LogP contribution in [-0.4, -0.2) is 19.8 Å². The summed E-state index contributed by atoms with van der Waals surface area (Å²) in [6, 6.07) is 9.73. The summed E-state index contributed by atoms with van der Waals surface area (Å²) < 4.78 is 5.35. The van der Waals surface area contributed by atoms with Crippen molar-refractivity contribution in [2.24, 2.45) is 0 Å². The van der Waals surface area contributed by atoms with Gasteiger partial charge in [0.1, 0.15) is 13.7 Å². The summed E-state index contributed by atoms with van der Waals surface area (Å²) in [6.07, 6.45) is 0.184. The van der Waals surface area contributed by atoms with Crippen LogP contribution in [-0.2, 0) is 4.74 Å². The van der Waals surface area contributed by atoms with E-state index in [2.05, 4.69) is 36.4 Å². The molecule has 1 aromatic carbocycles. The topological polar surface area (TPSA) is 38.3 Å². The monoisotopic (exact) mass is 317 g/mol. The molecule has 0 saturated carbocycles. The SMILES string of the molecule is CC(C)(C)OC(=O)NC(CC#C[Si](C)(C)C)c1ccccc1. The smallest absolute Gasteiger partial charge is 0.408 e. The molecule has 0 aliphatic carbocycles. The van der Waals surface area contributed by atoms with E-state index in [9.17, 15) is 4.79 Å². The Kier molecular flexibility index (Phi) is 6.25. The minimum atomic E-state index is -1.41. The molecule has 0 radical (unpaired) electrons. The van der Waals surface area contributed by atoms with Crippen LogP contribution in [0.25, 0.3) is 0 Å². The average molecular weight is 318 g/mol. The zero-order valence-electron chi connectivity index (χ0n) is 14.5. The van der Waals surface area contributed by atoms with E-state index in [0.29, 0.717) is 6.42 Å². The van der Waals surface area contributed by atoms with E-state index in [1.165, 1.54) is 0 Å². The second kappa shape index (κ2) is 7.51. The molecular formula is C18H27NO2Si. The molecule has 0 spiro atoms. The Balaban J connectivity index is 2.83. The van der Waals surface area contributed by atoms with E-state index in [1.54, 1.807) is 0 Å². The second-order valence-corrected chi connectivity index (χ2v) is 12.1. The maximum absolute atomic E-state index is 12.0. The maximum atomic E-state index is 12.0. The van der Waals surface area contributed by atoms with Crippen LogP contribution in [0.3, 0.4) is 0 Å². The zero-order chi connectivity index (χ0) is 16.8. The minimum Gasteiger partial charge on any atom is -0.444 e. The molecule has 0 heterocycles. The summed E-state index contributed by atoms with van der Waals surface area (Å²) in [6.45, 7) is 12.2. The van der Waals surface area contributed by atoms with Gasteiger partial charge in [-0.15, -0.1) is 11.5 Å². The van der Waals surface area contributed by atoms with Crippen LogP contribution < -0.4 is 5.32 Å². The predicted molar refractivity (Wildman–Crippen MR) is 94.3 cm³/mol. The summed E-state index contributed by atoms with van der Waals surface area (Å²) >= 11 is 0. The summed E-state index contributed by atoms with van der Waals surface area (Å²) in [4.78, 5) is 12.0. The van der Waals surface area contributed by atoms with Crippen molar-refractivity contribution < 1.29 is 9.53 Å². The summed E-state index contributed by atoms with van der Waals surface area (Å²) in [5.41, 5.74) is 3.88. The van der Waals surface area contributed by atoms with E-state index in [0.717, 1.165) is 5.56 Å². The molecule has 4 heteroatoms. The largest absolute Gasteiger partial charge is 0.444 e. The molecule has 1 aromatic rings. The molecule has 1 rings (SSSR count). The number of alkyl carbamates (subject to hydrolysis) is 1. The van der Waals surface area contributed by atoms with Crippen molar-refractivity contribution in [2.45, 2.75) is 58.5 Å². The molecule has 22 heavy (non-hydrogen) atoms. The molecule has 1 amide bonds. The molecule has 120 valence electrons. The fourth-order valence-electron chi connectivity index (χ4n) is 1.81. The normalized spacial score (nSPS) is 12.8. The molecular weight excluding hydrogens is 290 g/mol. The van der Waals surface area contributed by atoms with Gasteiger partial charge in [-0.3, -0.25) is 0 Å². The summed E-state index contributed by atoms with van der Waals surface area (Å²) in [5.74, 6) is 3.23. The minimum absolute atomic E-state index is 0.153. The molecule has 3 nitrogen and oxygen atoms in total. The average Bonchev–Trinajstić information content (AvgIpc) is 2.35. The second-order valence-electron chi connectivity index (χ2n) is 7.37. The van der Waals surface area contributed by atoms with Crippen molar-refractivity contribution in [1.29, 1.82) is 0 Å². The molecule has 0 aliphatic heterocycles. The third-order valence-corrected chi connectivity index (χ3v) is 3.59. The van der Waals surface area contributed by atoms with Crippen molar-refractivity contribution in [2.75, 3.05) is 0 Å². The summed E-state index contributed by atoms with van der Waals surface area (Å²) in [5, 5.41) is 2.93. The number of hydrogen-bond donors (Lipinski definition) is 1. The van der Waals surface area contributed by atoms with E-state index < -0.39 is 19.8 Å². The highest BCUT2D eigenvalue weighted by Gasteiger charge is 2.20. The molecule has 0 aromatic heterocycles. The van der Waals surface area contributed by atoms with Crippen LogP contribution in [0.15, 0.2) is 30.3 Å². The number of carbonyl (C=O) groups excluding carboxylic acids is 1. The van der Waals surface area contributed by atoms with E-state index in [1.807, 2.05) is 51.1 Å². The highest BCUT2D eigenvalue weighted by atomic mass is 28.3. The zero-order valence-corrected chi connectivity index (χ0v) is 15.5. The van der Waals surface area contributed by atoms with Crippen molar-refractivity contribution >= 4 is 14.2 Å². The third-order valence-electron chi connectivity index (χ3n) is 2.66. The lowest BCUT2D eigenvalue weighted by Gasteiger charge is -2.23. The molecule has 0 saturated heterocycles. The first-order valence-corrected chi connectivity index (χ1v) is 11.1. The van der Waals surface area contributed by atoms with Gasteiger partial charge in [0.2, 0.25) is 0 Å². The van der Waals surface area contributed by atoms with Gasteiger partial charge in [0, 0.05) is 6.42 Å². The quantitative estimate of drug-likeness (QED) is 0.657. The van der Waals surface area contributed by atoms with Crippen LogP contribution in [0.1, 0.15) is 38.8 Å². The van der Waals surface area contributed by atoms with E-state index in [-0.39, 0.29) is 6.04 Å². The number of carbonyl (C=O) groups is 1. The molecule has 0 bridgehead atoms. The predicted octanol–water partition coefficient (Wildman–Crippen LogP) is 4.52. The van der Waals surface area contributed by atoms with Gasteiger partial charge in [0.05, 0.1) is 6.04 Å². The molecule has 1 atom stereocenters. The van der Waals surface area contributed by atoms with Crippen molar-refractivity contribution in [3.8, 4) is 11.5 Å². The first-order chi connectivity index (χ1) is 10.1. The lowest BCUT2D eigenvalue weighted by molar-refractivity contribution is 0.0504. The number of benzene rings is 1. The Labute approximate surface area is 135 Å². The number of amides is 1. The van der Waals surface area contributed by atoms with Crippen molar-refractivity contribution in [3.05, 3.63) is 35.9 Å².